The van der Waals surface area contributed by atoms with Gasteiger partial charge in [0.1, 0.15) is 5.82 Å². The number of nitrogens with one attached hydrogen (secondary N) is 2. The second kappa shape index (κ2) is 9.24. The molecule has 0 saturated carbocycles. The Morgan fingerprint density at radius 2 is 2.15 bits per heavy atom. The molecule has 2 aromatic rings. The van der Waals surface area contributed by atoms with Crippen LogP contribution in [0.3, 0.4) is 0 Å². The number of guanidine groups is 1. The first-order valence-corrected chi connectivity index (χ1v) is 10.1. The van der Waals surface area contributed by atoms with Crippen LogP contribution in [0.5, 0.6) is 0 Å². The predicted molar refractivity (Wildman–Crippen MR) is 109 cm³/mol. The number of halogens is 2. The van der Waals surface area contributed by atoms with Crippen molar-refractivity contribution in [3.8, 4) is 0 Å². The highest BCUT2D eigenvalue weighted by Gasteiger charge is 2.20. The van der Waals surface area contributed by atoms with Crippen molar-refractivity contribution in [2.45, 2.75) is 25.3 Å². The first kappa shape index (κ1) is 19.0. The molecule has 0 radical (unpaired) electrons. The zero-order valence-electron chi connectivity index (χ0n) is 14.8. The third-order valence-corrected chi connectivity index (χ3v) is 5.86. The van der Waals surface area contributed by atoms with Gasteiger partial charge in [0.2, 0.25) is 0 Å². The molecule has 2 N–H and O–H groups in total. The van der Waals surface area contributed by atoms with Gasteiger partial charge in [-0.2, -0.15) is 0 Å². The Morgan fingerprint density at radius 1 is 1.35 bits per heavy atom. The molecule has 1 aliphatic rings. The van der Waals surface area contributed by atoms with Gasteiger partial charge in [-0.1, -0.05) is 17.7 Å². The summed E-state index contributed by atoms with van der Waals surface area (Å²) in [6.45, 7) is 2.81. The Morgan fingerprint density at radius 3 is 2.81 bits per heavy atom. The molecule has 0 amide bonds. The molecule has 1 aliphatic heterocycles. The molecule has 1 aromatic carbocycles. The van der Waals surface area contributed by atoms with Gasteiger partial charge in [0.15, 0.2) is 5.96 Å². The Balaban J connectivity index is 1.42. The standard InChI is InChI=1S/C19H24ClFN4S/c1-22-19(23-9-6-14-4-5-15(21)13-17(14)20)24-16-7-10-25(11-8-16)18-3-2-12-26-18/h2-5,12-13,16H,6-11H2,1H3,(H2,22,23,24). The lowest BCUT2D eigenvalue weighted by Crippen LogP contribution is -2.49. The van der Waals surface area contributed by atoms with Crippen LogP contribution in [0.4, 0.5) is 9.39 Å². The van der Waals surface area contributed by atoms with E-state index in [1.54, 1.807) is 24.5 Å². The van der Waals surface area contributed by atoms with Gasteiger partial charge in [-0.15, -0.1) is 11.3 Å². The van der Waals surface area contributed by atoms with Crippen molar-refractivity contribution < 1.29 is 4.39 Å². The van der Waals surface area contributed by atoms with E-state index < -0.39 is 0 Å². The number of aliphatic imine (C=N–C) groups is 1. The molecule has 1 aromatic heterocycles. The highest BCUT2D eigenvalue weighted by molar-refractivity contribution is 7.14. The number of rotatable bonds is 5. The van der Waals surface area contributed by atoms with Crippen LogP contribution in [0.15, 0.2) is 40.7 Å². The third-order valence-electron chi connectivity index (χ3n) is 4.58. The number of hydrogen-bond acceptors (Lipinski definition) is 3. The van der Waals surface area contributed by atoms with Crippen molar-refractivity contribution in [2.24, 2.45) is 4.99 Å². The summed E-state index contributed by atoms with van der Waals surface area (Å²) in [6.07, 6.45) is 2.89. The minimum absolute atomic E-state index is 0.307. The number of benzene rings is 1. The number of anilines is 1. The minimum Gasteiger partial charge on any atom is -0.363 e. The average Bonchev–Trinajstić information content (AvgIpc) is 3.18. The van der Waals surface area contributed by atoms with Crippen LogP contribution in [-0.2, 0) is 6.42 Å². The number of nitrogens with zero attached hydrogens (tertiary/aromatic N) is 2. The van der Waals surface area contributed by atoms with Crippen molar-refractivity contribution in [1.29, 1.82) is 0 Å². The van der Waals surface area contributed by atoms with E-state index in [0.29, 0.717) is 17.6 Å². The SMILES string of the molecule is CN=C(NCCc1ccc(F)cc1Cl)NC1CCN(c2cccs2)CC1. The van der Waals surface area contributed by atoms with Crippen LogP contribution in [0.1, 0.15) is 18.4 Å². The van der Waals surface area contributed by atoms with Crippen molar-refractivity contribution in [1.82, 2.24) is 10.6 Å². The van der Waals surface area contributed by atoms with Crippen LogP contribution in [0.2, 0.25) is 5.02 Å². The highest BCUT2D eigenvalue weighted by atomic mass is 35.5. The van der Waals surface area contributed by atoms with E-state index in [0.717, 1.165) is 43.9 Å². The van der Waals surface area contributed by atoms with Crippen LogP contribution < -0.4 is 15.5 Å². The first-order valence-electron chi connectivity index (χ1n) is 8.85. The van der Waals surface area contributed by atoms with E-state index in [1.807, 2.05) is 0 Å². The van der Waals surface area contributed by atoms with Gasteiger partial charge in [0.05, 0.1) is 5.00 Å². The van der Waals surface area contributed by atoms with Crippen molar-refractivity contribution >= 4 is 33.9 Å². The summed E-state index contributed by atoms with van der Waals surface area (Å²) in [5.41, 5.74) is 0.931. The fraction of sp³-hybridized carbons (Fsp3) is 0.421. The molecular weight excluding hydrogens is 371 g/mol. The zero-order chi connectivity index (χ0) is 18.4. The molecule has 4 nitrogen and oxygen atoms in total. The Bertz CT molecular complexity index is 727. The lowest BCUT2D eigenvalue weighted by molar-refractivity contribution is 0.463. The van der Waals surface area contributed by atoms with Gasteiger partial charge in [0, 0.05) is 37.7 Å². The molecule has 0 unspecified atom stereocenters. The summed E-state index contributed by atoms with van der Waals surface area (Å²) in [7, 11) is 1.78. The molecule has 0 bridgehead atoms. The Kier molecular flexibility index (Phi) is 6.74. The van der Waals surface area contributed by atoms with Gasteiger partial charge in [-0.25, -0.2) is 4.39 Å². The molecular formula is C19H24ClFN4S. The van der Waals surface area contributed by atoms with E-state index in [2.05, 4.69) is 38.0 Å². The lowest BCUT2D eigenvalue weighted by atomic mass is 10.1. The van der Waals surface area contributed by atoms with Crippen LogP contribution in [0.25, 0.3) is 0 Å². The van der Waals surface area contributed by atoms with Crippen LogP contribution in [-0.4, -0.2) is 38.7 Å². The second-order valence-corrected chi connectivity index (χ2v) is 7.68. The lowest BCUT2D eigenvalue weighted by Gasteiger charge is -2.33. The van der Waals surface area contributed by atoms with E-state index in [4.69, 9.17) is 11.6 Å². The molecule has 2 heterocycles. The van der Waals surface area contributed by atoms with Gasteiger partial charge in [-0.05, 0) is 54.5 Å². The molecule has 140 valence electrons. The molecule has 26 heavy (non-hydrogen) atoms. The van der Waals surface area contributed by atoms with Crippen LogP contribution in [0, 0.1) is 5.82 Å². The first-order chi connectivity index (χ1) is 12.7. The van der Waals surface area contributed by atoms with E-state index in [9.17, 15) is 4.39 Å². The Hall–Kier alpha value is -1.79. The smallest absolute Gasteiger partial charge is 0.191 e. The Labute approximate surface area is 163 Å². The summed E-state index contributed by atoms with van der Waals surface area (Å²) in [4.78, 5) is 6.75. The van der Waals surface area contributed by atoms with Gasteiger partial charge >= 0.3 is 0 Å². The molecule has 1 saturated heterocycles. The largest absolute Gasteiger partial charge is 0.363 e. The zero-order valence-corrected chi connectivity index (χ0v) is 16.4. The molecule has 0 aliphatic carbocycles. The number of hydrogen-bond donors (Lipinski definition) is 2. The van der Waals surface area contributed by atoms with E-state index in [-0.39, 0.29) is 5.82 Å². The second-order valence-electron chi connectivity index (χ2n) is 6.34. The monoisotopic (exact) mass is 394 g/mol. The number of piperidine rings is 1. The minimum atomic E-state index is -0.307. The summed E-state index contributed by atoms with van der Waals surface area (Å²) in [5.74, 6) is 0.496. The molecule has 1 fully saturated rings. The summed E-state index contributed by atoms with van der Waals surface area (Å²) >= 11 is 7.87. The average molecular weight is 395 g/mol. The maximum atomic E-state index is 13.1. The van der Waals surface area contributed by atoms with Gasteiger partial charge < -0.3 is 15.5 Å². The number of thiophene rings is 1. The highest BCUT2D eigenvalue weighted by Crippen LogP contribution is 2.24. The van der Waals surface area contributed by atoms with Crippen molar-refractivity contribution in [3.63, 3.8) is 0 Å². The maximum absolute atomic E-state index is 13.1. The topological polar surface area (TPSA) is 39.7 Å². The fourth-order valence-electron chi connectivity index (χ4n) is 3.12. The molecule has 3 rings (SSSR count). The van der Waals surface area contributed by atoms with Crippen molar-refractivity contribution in [3.05, 3.63) is 52.1 Å². The normalized spacial score (nSPS) is 16.0. The fourth-order valence-corrected chi connectivity index (χ4v) is 4.17. The maximum Gasteiger partial charge on any atom is 0.191 e. The quantitative estimate of drug-likeness (QED) is 0.596. The molecule has 0 spiro atoms. The summed E-state index contributed by atoms with van der Waals surface area (Å²) < 4.78 is 13.1. The predicted octanol–water partition coefficient (Wildman–Crippen LogP) is 3.92. The van der Waals surface area contributed by atoms with E-state index >= 15 is 0 Å². The van der Waals surface area contributed by atoms with Gasteiger partial charge in [-0.3, -0.25) is 4.99 Å². The van der Waals surface area contributed by atoms with Crippen LogP contribution >= 0.6 is 22.9 Å². The molecule has 0 atom stereocenters. The van der Waals surface area contributed by atoms with Crippen molar-refractivity contribution in [2.75, 3.05) is 31.6 Å². The third kappa shape index (κ3) is 5.11. The molecule has 7 heteroatoms. The summed E-state index contributed by atoms with van der Waals surface area (Å²) in [5, 5.41) is 10.8. The summed E-state index contributed by atoms with van der Waals surface area (Å²) in [6, 6.07) is 9.23. The van der Waals surface area contributed by atoms with Gasteiger partial charge in [0.25, 0.3) is 0 Å². The van der Waals surface area contributed by atoms with E-state index in [1.165, 1.54) is 17.1 Å².